The number of aliphatic hydroxyl groups is 1. The van der Waals surface area contributed by atoms with E-state index in [1.165, 1.54) is 24.1 Å². The summed E-state index contributed by atoms with van der Waals surface area (Å²) in [6.07, 6.45) is 0.233. The summed E-state index contributed by atoms with van der Waals surface area (Å²) in [7, 11) is 1.38. The van der Waals surface area contributed by atoms with Crippen LogP contribution in [-0.4, -0.2) is 50.4 Å². The maximum atomic E-state index is 12.9. The first-order valence-electron chi connectivity index (χ1n) is 9.34. The fraction of sp³-hybridized carbons (Fsp3) is 0.263. The number of methoxy groups -OCH3 is 1. The highest BCUT2D eigenvalue weighted by Crippen LogP contribution is 2.44. The molecule has 3 heterocycles. The number of rotatable bonds is 5. The quantitative estimate of drug-likeness (QED) is 0.303. The number of aromatic nitrogens is 4. The number of hydrogen-bond acceptors (Lipinski definition) is 8. The number of aromatic amines is 4. The molecule has 3 aromatic rings. The number of aliphatic hydroxyl groups excluding tert-OH is 1. The first-order valence-corrected chi connectivity index (χ1v) is 9.34. The molecule has 1 aliphatic rings. The van der Waals surface area contributed by atoms with Gasteiger partial charge < -0.3 is 19.8 Å². The van der Waals surface area contributed by atoms with Crippen LogP contribution in [0, 0.1) is 0 Å². The molecule has 1 aliphatic heterocycles. The van der Waals surface area contributed by atoms with E-state index in [0.29, 0.717) is 5.56 Å². The molecular formula is C19H19N5O7. The molecule has 12 heteroatoms. The van der Waals surface area contributed by atoms with Crippen molar-refractivity contribution in [1.29, 1.82) is 0 Å². The Labute approximate surface area is 172 Å². The lowest BCUT2D eigenvalue weighted by Crippen LogP contribution is -2.42. The lowest BCUT2D eigenvalue weighted by Gasteiger charge is -2.35. The topological polar surface area (TPSA) is 184 Å². The van der Waals surface area contributed by atoms with Crippen molar-refractivity contribution in [2.24, 2.45) is 0 Å². The summed E-state index contributed by atoms with van der Waals surface area (Å²) in [5.74, 6) is -0.885. The minimum Gasteiger partial charge on any atom is -0.504 e. The van der Waals surface area contributed by atoms with Gasteiger partial charge in [-0.2, -0.15) is 0 Å². The van der Waals surface area contributed by atoms with E-state index in [1.54, 1.807) is 6.07 Å². The molecule has 0 unspecified atom stereocenters. The smallest absolute Gasteiger partial charge is 0.327 e. The number of anilines is 2. The summed E-state index contributed by atoms with van der Waals surface area (Å²) in [6, 6.07) is 4.38. The summed E-state index contributed by atoms with van der Waals surface area (Å²) < 4.78 is 5.05. The van der Waals surface area contributed by atoms with E-state index >= 15 is 0 Å². The predicted octanol–water partition coefficient (Wildman–Crippen LogP) is -0.832. The molecule has 0 bridgehead atoms. The molecule has 1 aromatic carbocycles. The van der Waals surface area contributed by atoms with Crippen LogP contribution in [0.2, 0.25) is 0 Å². The van der Waals surface area contributed by atoms with Gasteiger partial charge in [0.1, 0.15) is 11.6 Å². The average molecular weight is 429 g/mol. The zero-order chi connectivity index (χ0) is 22.3. The van der Waals surface area contributed by atoms with Crippen molar-refractivity contribution < 1.29 is 14.9 Å². The zero-order valence-electron chi connectivity index (χ0n) is 16.3. The lowest BCUT2D eigenvalue weighted by atomic mass is 9.83. The van der Waals surface area contributed by atoms with Gasteiger partial charge in [-0.1, -0.05) is 6.07 Å². The summed E-state index contributed by atoms with van der Waals surface area (Å²) in [5.41, 5.74) is -2.56. The number of nitrogens with one attached hydrogen (secondary N) is 4. The summed E-state index contributed by atoms with van der Waals surface area (Å²) in [5, 5.41) is 19.5. The Balaban J connectivity index is 2.09. The number of nitrogens with zero attached hydrogens (tertiary/aromatic N) is 1. The van der Waals surface area contributed by atoms with Gasteiger partial charge in [-0.15, -0.1) is 0 Å². The Bertz CT molecular complexity index is 1310. The van der Waals surface area contributed by atoms with Crippen LogP contribution in [0.5, 0.6) is 11.5 Å². The minimum absolute atomic E-state index is 0.0483. The third-order valence-electron chi connectivity index (χ3n) is 5.11. The van der Waals surface area contributed by atoms with Gasteiger partial charge in [0.05, 0.1) is 24.2 Å². The number of phenols is 1. The van der Waals surface area contributed by atoms with Crippen molar-refractivity contribution in [1.82, 2.24) is 19.9 Å². The molecule has 0 saturated heterocycles. The second-order valence-electron chi connectivity index (χ2n) is 6.93. The molecule has 6 N–H and O–H groups in total. The highest BCUT2D eigenvalue weighted by molar-refractivity contribution is 5.72. The molecule has 0 atom stereocenters. The number of ether oxygens (including phenoxy) is 1. The number of benzene rings is 1. The van der Waals surface area contributed by atoms with E-state index in [-0.39, 0.29) is 53.8 Å². The van der Waals surface area contributed by atoms with E-state index < -0.39 is 28.4 Å². The Hall–Kier alpha value is -4.06. The van der Waals surface area contributed by atoms with Crippen LogP contribution in [0.3, 0.4) is 0 Å². The molecule has 0 saturated carbocycles. The zero-order valence-corrected chi connectivity index (χ0v) is 16.3. The fourth-order valence-electron chi connectivity index (χ4n) is 3.86. The molecule has 0 aliphatic carbocycles. The van der Waals surface area contributed by atoms with E-state index in [4.69, 9.17) is 4.74 Å². The van der Waals surface area contributed by atoms with Gasteiger partial charge >= 0.3 is 11.4 Å². The molecule has 0 amide bonds. The molecule has 0 radical (unpaired) electrons. The Morgan fingerprint density at radius 3 is 2.03 bits per heavy atom. The summed E-state index contributed by atoms with van der Waals surface area (Å²) in [4.78, 5) is 60.6. The molecule has 0 fully saturated rings. The monoisotopic (exact) mass is 429 g/mol. The Morgan fingerprint density at radius 2 is 1.55 bits per heavy atom. The van der Waals surface area contributed by atoms with Crippen LogP contribution in [-0.2, 0) is 0 Å². The van der Waals surface area contributed by atoms with E-state index in [2.05, 4.69) is 19.9 Å². The normalized spacial score (nSPS) is 13.0. The number of hydrogen-bond donors (Lipinski definition) is 6. The highest BCUT2D eigenvalue weighted by atomic mass is 16.5. The van der Waals surface area contributed by atoms with Crippen LogP contribution in [0.4, 0.5) is 11.6 Å². The maximum Gasteiger partial charge on any atom is 0.327 e. The van der Waals surface area contributed by atoms with Crippen molar-refractivity contribution in [2.45, 2.75) is 12.3 Å². The molecule has 2 aromatic heterocycles. The second-order valence-corrected chi connectivity index (χ2v) is 6.93. The number of aromatic hydroxyl groups is 1. The van der Waals surface area contributed by atoms with Gasteiger partial charge in [0.15, 0.2) is 11.5 Å². The van der Waals surface area contributed by atoms with Crippen LogP contribution in [0.25, 0.3) is 0 Å². The molecule has 12 nitrogen and oxygen atoms in total. The molecule has 4 rings (SSSR count). The third kappa shape index (κ3) is 3.32. The Morgan fingerprint density at radius 1 is 0.968 bits per heavy atom. The number of H-pyrrole nitrogens is 4. The van der Waals surface area contributed by atoms with Crippen LogP contribution in [0.1, 0.15) is 29.0 Å². The van der Waals surface area contributed by atoms with Gasteiger partial charge in [0, 0.05) is 13.2 Å². The fourth-order valence-corrected chi connectivity index (χ4v) is 3.86. The highest BCUT2D eigenvalue weighted by Gasteiger charge is 2.38. The molecule has 31 heavy (non-hydrogen) atoms. The first kappa shape index (κ1) is 20.2. The minimum atomic E-state index is -1.02. The van der Waals surface area contributed by atoms with Crippen molar-refractivity contribution in [3.05, 3.63) is 76.6 Å². The van der Waals surface area contributed by atoms with E-state index in [0.717, 1.165) is 0 Å². The largest absolute Gasteiger partial charge is 0.504 e. The molecule has 162 valence electrons. The van der Waals surface area contributed by atoms with Crippen molar-refractivity contribution in [3.63, 3.8) is 0 Å². The predicted molar refractivity (Wildman–Crippen MR) is 110 cm³/mol. The van der Waals surface area contributed by atoms with Crippen molar-refractivity contribution in [3.8, 4) is 11.5 Å². The number of fused-ring (bicyclic) bond motifs is 2. The number of phenolic OH excluding ortho intramolecular Hbond substituents is 1. The van der Waals surface area contributed by atoms with Crippen LogP contribution >= 0.6 is 0 Å². The van der Waals surface area contributed by atoms with Crippen molar-refractivity contribution in [2.75, 3.05) is 25.2 Å². The lowest BCUT2D eigenvalue weighted by molar-refractivity contribution is 0.290. The van der Waals surface area contributed by atoms with Gasteiger partial charge in [0.25, 0.3) is 11.1 Å². The summed E-state index contributed by atoms with van der Waals surface area (Å²) in [6.45, 7) is -0.0896. The van der Waals surface area contributed by atoms with Crippen LogP contribution in [0.15, 0.2) is 37.4 Å². The van der Waals surface area contributed by atoms with Gasteiger partial charge in [-0.05, 0) is 24.1 Å². The van der Waals surface area contributed by atoms with Crippen molar-refractivity contribution >= 4 is 11.6 Å². The van der Waals surface area contributed by atoms with E-state index in [1.807, 2.05) is 0 Å². The SMILES string of the molecule is COc1ccc(C2c3c([nH]c(=O)[nH]c3=O)N(CCCO)c3[nH]c(=O)[nH]c(=O)c32)cc1O. The van der Waals surface area contributed by atoms with E-state index in [9.17, 15) is 29.4 Å². The van der Waals surface area contributed by atoms with Gasteiger partial charge in [-0.25, -0.2) is 9.59 Å². The van der Waals surface area contributed by atoms with Gasteiger partial charge in [0.2, 0.25) is 0 Å². The van der Waals surface area contributed by atoms with Gasteiger partial charge in [-0.3, -0.25) is 29.5 Å². The second kappa shape index (κ2) is 7.65. The Kier molecular flexibility index (Phi) is 4.99. The average Bonchev–Trinajstić information content (AvgIpc) is 2.71. The standard InChI is InChI=1S/C19H19N5O7/c1-31-10-4-3-8(7-9(10)26)11-12-14(20-18(29)22-16(12)27)24(5-2-6-25)15-13(11)17(28)23-19(30)21-15/h3-4,7,11,25-26H,2,5-6H2,1H3,(H2,20,22,27,29)(H2,21,23,28,30). The summed E-state index contributed by atoms with van der Waals surface area (Å²) >= 11 is 0. The maximum absolute atomic E-state index is 12.9. The van der Waals surface area contributed by atoms with Crippen LogP contribution < -0.4 is 32.1 Å². The molecule has 0 spiro atoms. The third-order valence-corrected chi connectivity index (χ3v) is 5.11. The first-order chi connectivity index (χ1) is 14.8. The molecular weight excluding hydrogens is 410 g/mol.